The van der Waals surface area contributed by atoms with Crippen molar-refractivity contribution >= 4 is 23.4 Å². The second kappa shape index (κ2) is 8.46. The molecule has 7 heteroatoms. The fourth-order valence-electron chi connectivity index (χ4n) is 3.31. The summed E-state index contributed by atoms with van der Waals surface area (Å²) in [5, 5.41) is 0.375. The first-order chi connectivity index (χ1) is 13.7. The summed E-state index contributed by atoms with van der Waals surface area (Å²) >= 11 is 6.00. The number of nitrogens with two attached hydrogens (primary N) is 1. The van der Waals surface area contributed by atoms with Gasteiger partial charge in [-0.1, -0.05) is 41.9 Å². The monoisotopic (exact) mass is 395 g/mol. The van der Waals surface area contributed by atoms with Crippen LogP contribution in [0.2, 0.25) is 5.15 Å². The molecule has 2 heterocycles. The third-order valence-electron chi connectivity index (χ3n) is 4.68. The molecule has 1 saturated heterocycles. The summed E-state index contributed by atoms with van der Waals surface area (Å²) in [4.78, 5) is 12.8. The van der Waals surface area contributed by atoms with Gasteiger partial charge in [0.2, 0.25) is 5.95 Å². The van der Waals surface area contributed by atoms with Gasteiger partial charge in [0.25, 0.3) is 0 Å². The molecular weight excluding hydrogens is 374 g/mol. The Kier molecular flexibility index (Phi) is 5.60. The minimum Gasteiger partial charge on any atom is -0.457 e. The van der Waals surface area contributed by atoms with E-state index >= 15 is 0 Å². The summed E-state index contributed by atoms with van der Waals surface area (Å²) < 4.78 is 5.94. The summed E-state index contributed by atoms with van der Waals surface area (Å²) in [7, 11) is 0. The molecule has 0 saturated carbocycles. The Morgan fingerprint density at radius 3 is 2.39 bits per heavy atom. The molecule has 1 aliphatic rings. The average molecular weight is 396 g/mol. The normalized spacial score (nSPS) is 14.8. The van der Waals surface area contributed by atoms with E-state index in [4.69, 9.17) is 22.1 Å². The highest BCUT2D eigenvalue weighted by Crippen LogP contribution is 2.23. The standard InChI is InChI=1S/C21H22ClN5O/c22-19-14-20(25-21(23)24-19)27-11-9-26(10-12-27)15-16-5-4-8-18(13-16)28-17-6-2-1-3-7-17/h1-8,13-14H,9-12,15H2,(H2,23,24,25). The SMILES string of the molecule is Nc1nc(Cl)cc(N2CCN(Cc3cccc(Oc4ccccc4)c3)CC2)n1. The van der Waals surface area contributed by atoms with Crippen molar-refractivity contribution in [3.8, 4) is 11.5 Å². The van der Waals surface area contributed by atoms with E-state index in [1.807, 2.05) is 42.5 Å². The molecule has 2 aromatic carbocycles. The number of hydrogen-bond donors (Lipinski definition) is 1. The third-order valence-corrected chi connectivity index (χ3v) is 4.87. The van der Waals surface area contributed by atoms with Gasteiger partial charge in [0.15, 0.2) is 0 Å². The molecule has 0 aliphatic carbocycles. The summed E-state index contributed by atoms with van der Waals surface area (Å²) in [5.41, 5.74) is 6.94. The van der Waals surface area contributed by atoms with Gasteiger partial charge in [-0.25, -0.2) is 4.98 Å². The van der Waals surface area contributed by atoms with Crippen LogP contribution in [0.4, 0.5) is 11.8 Å². The molecule has 0 unspecified atom stereocenters. The molecule has 3 aromatic rings. The number of nitrogen functional groups attached to an aromatic ring is 1. The molecule has 0 radical (unpaired) electrons. The van der Waals surface area contributed by atoms with E-state index < -0.39 is 0 Å². The number of anilines is 2. The van der Waals surface area contributed by atoms with E-state index in [1.54, 1.807) is 6.07 Å². The van der Waals surface area contributed by atoms with Crippen LogP contribution in [0.3, 0.4) is 0 Å². The van der Waals surface area contributed by atoms with Crippen LogP contribution in [0.25, 0.3) is 0 Å². The lowest BCUT2D eigenvalue weighted by atomic mass is 10.2. The fraction of sp³-hybridized carbons (Fsp3) is 0.238. The summed E-state index contributed by atoms with van der Waals surface area (Å²) in [5.74, 6) is 2.69. The number of nitrogens with zero attached hydrogens (tertiary/aromatic N) is 4. The zero-order chi connectivity index (χ0) is 19.3. The number of benzene rings is 2. The van der Waals surface area contributed by atoms with E-state index in [0.717, 1.165) is 50.0 Å². The first kappa shape index (κ1) is 18.5. The topological polar surface area (TPSA) is 67.5 Å². The second-order valence-corrected chi connectivity index (χ2v) is 7.12. The Morgan fingerprint density at radius 2 is 1.64 bits per heavy atom. The minimum atomic E-state index is 0.208. The van der Waals surface area contributed by atoms with Crippen molar-refractivity contribution in [2.24, 2.45) is 0 Å². The fourth-order valence-corrected chi connectivity index (χ4v) is 3.49. The van der Waals surface area contributed by atoms with Crippen molar-refractivity contribution in [1.82, 2.24) is 14.9 Å². The predicted molar refractivity (Wildman–Crippen MR) is 112 cm³/mol. The Balaban J connectivity index is 1.35. The van der Waals surface area contributed by atoms with Gasteiger partial charge in [0.1, 0.15) is 22.5 Å². The van der Waals surface area contributed by atoms with Crippen LogP contribution in [0, 0.1) is 0 Å². The van der Waals surface area contributed by atoms with E-state index in [-0.39, 0.29) is 5.95 Å². The van der Waals surface area contributed by atoms with Gasteiger partial charge in [0, 0.05) is 38.8 Å². The van der Waals surface area contributed by atoms with Crippen LogP contribution in [-0.4, -0.2) is 41.0 Å². The van der Waals surface area contributed by atoms with Crippen LogP contribution < -0.4 is 15.4 Å². The number of piperazine rings is 1. The Hall–Kier alpha value is -2.83. The van der Waals surface area contributed by atoms with Crippen molar-refractivity contribution in [3.63, 3.8) is 0 Å². The summed E-state index contributed by atoms with van der Waals surface area (Å²) in [6.07, 6.45) is 0. The van der Waals surface area contributed by atoms with Gasteiger partial charge in [-0.2, -0.15) is 4.98 Å². The first-order valence-corrected chi connectivity index (χ1v) is 9.63. The molecule has 4 rings (SSSR count). The molecule has 1 aliphatic heterocycles. The van der Waals surface area contributed by atoms with E-state index in [1.165, 1.54) is 5.56 Å². The maximum atomic E-state index is 6.00. The number of rotatable bonds is 5. The summed E-state index contributed by atoms with van der Waals surface area (Å²) in [6.45, 7) is 4.49. The largest absolute Gasteiger partial charge is 0.457 e. The van der Waals surface area contributed by atoms with Crippen molar-refractivity contribution in [2.75, 3.05) is 36.8 Å². The molecule has 1 fully saturated rings. The summed E-state index contributed by atoms with van der Waals surface area (Å²) in [6, 6.07) is 19.8. The van der Waals surface area contributed by atoms with E-state index in [2.05, 4.69) is 31.9 Å². The lowest BCUT2D eigenvalue weighted by Crippen LogP contribution is -2.46. The lowest BCUT2D eigenvalue weighted by molar-refractivity contribution is 0.249. The number of para-hydroxylation sites is 1. The maximum absolute atomic E-state index is 6.00. The van der Waals surface area contributed by atoms with Gasteiger partial charge in [-0.15, -0.1) is 0 Å². The van der Waals surface area contributed by atoms with Gasteiger partial charge in [-0.05, 0) is 29.8 Å². The second-order valence-electron chi connectivity index (χ2n) is 6.73. The molecule has 0 atom stereocenters. The van der Waals surface area contributed by atoms with E-state index in [9.17, 15) is 0 Å². The number of hydrogen-bond acceptors (Lipinski definition) is 6. The average Bonchev–Trinajstić information content (AvgIpc) is 2.69. The van der Waals surface area contributed by atoms with Crippen molar-refractivity contribution in [2.45, 2.75) is 6.54 Å². The molecule has 6 nitrogen and oxygen atoms in total. The quantitative estimate of drug-likeness (QED) is 0.662. The maximum Gasteiger partial charge on any atom is 0.223 e. The highest BCUT2D eigenvalue weighted by Gasteiger charge is 2.19. The molecule has 1 aromatic heterocycles. The Morgan fingerprint density at radius 1 is 0.893 bits per heavy atom. The van der Waals surface area contributed by atoms with Crippen LogP contribution in [0.1, 0.15) is 5.56 Å². The minimum absolute atomic E-state index is 0.208. The van der Waals surface area contributed by atoms with Crippen molar-refractivity contribution in [1.29, 1.82) is 0 Å². The van der Waals surface area contributed by atoms with Gasteiger partial charge in [0.05, 0.1) is 0 Å². The lowest BCUT2D eigenvalue weighted by Gasteiger charge is -2.35. The highest BCUT2D eigenvalue weighted by molar-refractivity contribution is 6.29. The van der Waals surface area contributed by atoms with Crippen molar-refractivity contribution in [3.05, 3.63) is 71.4 Å². The Labute approximate surface area is 169 Å². The third kappa shape index (κ3) is 4.71. The van der Waals surface area contributed by atoms with E-state index in [0.29, 0.717) is 5.15 Å². The van der Waals surface area contributed by atoms with Crippen LogP contribution in [-0.2, 0) is 6.54 Å². The molecule has 28 heavy (non-hydrogen) atoms. The van der Waals surface area contributed by atoms with Crippen LogP contribution >= 0.6 is 11.6 Å². The van der Waals surface area contributed by atoms with Gasteiger partial charge < -0.3 is 15.4 Å². The van der Waals surface area contributed by atoms with Crippen LogP contribution in [0.15, 0.2) is 60.7 Å². The van der Waals surface area contributed by atoms with Crippen molar-refractivity contribution < 1.29 is 4.74 Å². The number of halogens is 1. The Bertz CT molecular complexity index is 909. The van der Waals surface area contributed by atoms with Gasteiger partial charge in [-0.3, -0.25) is 4.90 Å². The highest BCUT2D eigenvalue weighted by atomic mass is 35.5. The first-order valence-electron chi connectivity index (χ1n) is 9.25. The zero-order valence-corrected chi connectivity index (χ0v) is 16.2. The predicted octanol–water partition coefficient (Wildman–Crippen LogP) is 3.83. The zero-order valence-electron chi connectivity index (χ0n) is 15.5. The molecule has 2 N–H and O–H groups in total. The molecule has 0 amide bonds. The number of aromatic nitrogens is 2. The van der Waals surface area contributed by atoms with Crippen LogP contribution in [0.5, 0.6) is 11.5 Å². The van der Waals surface area contributed by atoms with Gasteiger partial charge >= 0.3 is 0 Å². The smallest absolute Gasteiger partial charge is 0.223 e. The molecule has 0 spiro atoms. The molecule has 0 bridgehead atoms. The molecular formula is C21H22ClN5O. The molecule has 144 valence electrons. The number of ether oxygens (including phenoxy) is 1.